The van der Waals surface area contributed by atoms with Gasteiger partial charge in [0.1, 0.15) is 5.82 Å². The number of alkyl halides is 2. The average molecular weight is 465 g/mol. The van der Waals surface area contributed by atoms with E-state index >= 15 is 4.39 Å². The van der Waals surface area contributed by atoms with E-state index < -0.39 is 11.7 Å². The number of rotatable bonds is 11. The second-order valence-corrected chi connectivity index (χ2v) is 8.50. The lowest BCUT2D eigenvalue weighted by molar-refractivity contribution is 0.0181. The van der Waals surface area contributed by atoms with Crippen LogP contribution in [0, 0.1) is 5.82 Å². The summed E-state index contributed by atoms with van der Waals surface area (Å²) in [5.74, 6) is -3.65. The van der Waals surface area contributed by atoms with E-state index in [0.29, 0.717) is 16.7 Å². The number of ether oxygens (including phenoxy) is 1. The molecule has 0 aliphatic rings. The van der Waals surface area contributed by atoms with Gasteiger partial charge in [-0.1, -0.05) is 80.7 Å². The summed E-state index contributed by atoms with van der Waals surface area (Å²) in [6, 6.07) is 18.6. The molecule has 3 rings (SSSR count). The molecule has 0 aromatic heterocycles. The monoisotopic (exact) mass is 464 g/mol. The molecule has 0 saturated carbocycles. The van der Waals surface area contributed by atoms with Crippen LogP contribution < -0.4 is 0 Å². The molecule has 0 atom stereocenters. The minimum absolute atomic E-state index is 0.131. The molecular weight excluding hydrogens is 433 g/mol. The van der Waals surface area contributed by atoms with Crippen LogP contribution >= 0.6 is 0 Å². The van der Waals surface area contributed by atoms with Gasteiger partial charge in [-0.05, 0) is 58.7 Å². The first-order valence-electron chi connectivity index (χ1n) is 11.5. The lowest BCUT2D eigenvalue weighted by Gasteiger charge is -2.17. The fourth-order valence-electron chi connectivity index (χ4n) is 3.87. The molecule has 0 unspecified atom stereocenters. The maximum Gasteiger partial charge on any atom is 0.271 e. The zero-order valence-corrected chi connectivity index (χ0v) is 19.8. The van der Waals surface area contributed by atoms with E-state index in [0.717, 1.165) is 45.0 Å². The molecule has 0 fully saturated rings. The Bertz CT molecular complexity index is 1140. The van der Waals surface area contributed by atoms with Crippen molar-refractivity contribution in [2.24, 2.45) is 0 Å². The fraction of sp³-hybridized carbons (Fsp3) is 0.267. The summed E-state index contributed by atoms with van der Waals surface area (Å²) in [5.41, 5.74) is 4.04. The Kier molecular flexibility index (Phi) is 8.51. The van der Waals surface area contributed by atoms with Gasteiger partial charge >= 0.3 is 0 Å². The minimum atomic E-state index is -3.08. The second kappa shape index (κ2) is 11.3. The molecule has 0 aliphatic carbocycles. The van der Waals surface area contributed by atoms with Crippen molar-refractivity contribution >= 4 is 11.1 Å². The van der Waals surface area contributed by atoms with E-state index in [1.165, 1.54) is 35.9 Å². The molecule has 0 amide bonds. The molecule has 3 aromatic carbocycles. The standard InChI is InChI=1S/C30H31F3O/c1-5-18-34-19-8-9-23-12-14-24(15-13-23)21(2)22(3)25-16-17-27(29(31)20-25)26-10-6-7-11-28(26)30(4,32)33/h6-7,10-17,20H,2-3,5,8-9,18-19H2,1,4H3. The Morgan fingerprint density at radius 1 is 0.853 bits per heavy atom. The number of allylic oxidation sites excluding steroid dienone is 2. The van der Waals surface area contributed by atoms with E-state index in [1.807, 2.05) is 12.1 Å². The first-order chi connectivity index (χ1) is 16.2. The predicted molar refractivity (Wildman–Crippen MR) is 135 cm³/mol. The van der Waals surface area contributed by atoms with E-state index in [-0.39, 0.29) is 16.7 Å². The van der Waals surface area contributed by atoms with Crippen LogP contribution in [0.25, 0.3) is 22.3 Å². The molecule has 1 nitrogen and oxygen atoms in total. The lowest BCUT2D eigenvalue weighted by atomic mass is 9.91. The van der Waals surface area contributed by atoms with Gasteiger partial charge in [0.2, 0.25) is 0 Å². The molecular formula is C30H31F3O. The maximum absolute atomic E-state index is 15.1. The molecule has 0 radical (unpaired) electrons. The molecule has 34 heavy (non-hydrogen) atoms. The molecule has 0 bridgehead atoms. The van der Waals surface area contributed by atoms with Gasteiger partial charge in [0, 0.05) is 31.3 Å². The van der Waals surface area contributed by atoms with Gasteiger partial charge in [-0.3, -0.25) is 0 Å². The van der Waals surface area contributed by atoms with E-state index in [9.17, 15) is 8.78 Å². The van der Waals surface area contributed by atoms with Crippen molar-refractivity contribution in [1.82, 2.24) is 0 Å². The zero-order valence-electron chi connectivity index (χ0n) is 19.8. The van der Waals surface area contributed by atoms with Crippen molar-refractivity contribution in [2.45, 2.75) is 39.0 Å². The third-order valence-electron chi connectivity index (χ3n) is 5.78. The summed E-state index contributed by atoms with van der Waals surface area (Å²) < 4.78 is 48.6. The molecule has 0 spiro atoms. The summed E-state index contributed by atoms with van der Waals surface area (Å²) in [5, 5.41) is 0. The van der Waals surface area contributed by atoms with Crippen LogP contribution in [0.3, 0.4) is 0 Å². The van der Waals surface area contributed by atoms with Crippen molar-refractivity contribution in [1.29, 1.82) is 0 Å². The molecule has 0 saturated heterocycles. The smallest absolute Gasteiger partial charge is 0.271 e. The third kappa shape index (κ3) is 6.27. The number of aryl methyl sites for hydroxylation is 1. The topological polar surface area (TPSA) is 9.23 Å². The predicted octanol–water partition coefficient (Wildman–Crippen LogP) is 8.69. The second-order valence-electron chi connectivity index (χ2n) is 8.50. The number of benzene rings is 3. The first-order valence-corrected chi connectivity index (χ1v) is 11.5. The molecule has 178 valence electrons. The molecule has 0 aliphatic heterocycles. The minimum Gasteiger partial charge on any atom is -0.381 e. The molecule has 0 heterocycles. The van der Waals surface area contributed by atoms with Crippen molar-refractivity contribution in [3.8, 4) is 11.1 Å². The average Bonchev–Trinajstić information content (AvgIpc) is 2.83. The van der Waals surface area contributed by atoms with Gasteiger partial charge < -0.3 is 4.74 Å². The quantitative estimate of drug-likeness (QED) is 0.204. The SMILES string of the molecule is C=C(C(=C)c1ccc(-c2ccccc2C(C)(F)F)c(F)c1)c1ccc(CCCOCCC)cc1. The van der Waals surface area contributed by atoms with Gasteiger partial charge in [0.25, 0.3) is 5.92 Å². The van der Waals surface area contributed by atoms with Gasteiger partial charge in [-0.25, -0.2) is 13.2 Å². The Labute approximate surface area is 200 Å². The van der Waals surface area contributed by atoms with Crippen LogP contribution in [-0.2, 0) is 17.1 Å². The Morgan fingerprint density at radius 3 is 2.15 bits per heavy atom. The number of halogens is 3. The van der Waals surface area contributed by atoms with Crippen LogP contribution in [0.4, 0.5) is 13.2 Å². The number of hydrogen-bond donors (Lipinski definition) is 0. The maximum atomic E-state index is 15.1. The van der Waals surface area contributed by atoms with Crippen LogP contribution in [0.1, 0.15) is 48.9 Å². The Hall–Kier alpha value is -3.11. The normalized spacial score (nSPS) is 11.4. The van der Waals surface area contributed by atoms with Crippen molar-refractivity contribution in [3.63, 3.8) is 0 Å². The largest absolute Gasteiger partial charge is 0.381 e. The highest BCUT2D eigenvalue weighted by Crippen LogP contribution is 2.38. The Balaban J connectivity index is 1.73. The zero-order chi connectivity index (χ0) is 24.7. The molecule has 0 N–H and O–H groups in total. The van der Waals surface area contributed by atoms with Crippen LogP contribution in [0.15, 0.2) is 79.9 Å². The highest BCUT2D eigenvalue weighted by atomic mass is 19.3. The molecule has 3 aromatic rings. The lowest BCUT2D eigenvalue weighted by Crippen LogP contribution is -2.09. The van der Waals surface area contributed by atoms with Crippen LogP contribution in [0.2, 0.25) is 0 Å². The summed E-state index contributed by atoms with van der Waals surface area (Å²) in [6.45, 7) is 12.7. The van der Waals surface area contributed by atoms with Gasteiger partial charge in [0.05, 0.1) is 0 Å². The fourth-order valence-corrected chi connectivity index (χ4v) is 3.87. The Morgan fingerprint density at radius 2 is 1.50 bits per heavy atom. The van der Waals surface area contributed by atoms with Gasteiger partial charge in [-0.2, -0.15) is 0 Å². The summed E-state index contributed by atoms with van der Waals surface area (Å²) in [7, 11) is 0. The highest BCUT2D eigenvalue weighted by Gasteiger charge is 2.28. The highest BCUT2D eigenvalue weighted by molar-refractivity contribution is 6.03. The van der Waals surface area contributed by atoms with Crippen molar-refractivity contribution in [3.05, 3.63) is 108 Å². The summed E-state index contributed by atoms with van der Waals surface area (Å²) >= 11 is 0. The van der Waals surface area contributed by atoms with Gasteiger partial charge in [-0.15, -0.1) is 0 Å². The van der Waals surface area contributed by atoms with E-state index in [1.54, 1.807) is 12.1 Å². The number of hydrogen-bond acceptors (Lipinski definition) is 1. The summed E-state index contributed by atoms with van der Waals surface area (Å²) in [6.07, 6.45) is 2.92. The summed E-state index contributed by atoms with van der Waals surface area (Å²) in [4.78, 5) is 0. The third-order valence-corrected chi connectivity index (χ3v) is 5.78. The van der Waals surface area contributed by atoms with Crippen molar-refractivity contribution < 1.29 is 17.9 Å². The van der Waals surface area contributed by atoms with E-state index in [2.05, 4.69) is 32.2 Å². The van der Waals surface area contributed by atoms with Gasteiger partial charge in [0.15, 0.2) is 0 Å². The van der Waals surface area contributed by atoms with Crippen LogP contribution in [0.5, 0.6) is 0 Å². The van der Waals surface area contributed by atoms with Crippen molar-refractivity contribution in [2.75, 3.05) is 13.2 Å². The van der Waals surface area contributed by atoms with E-state index in [4.69, 9.17) is 4.74 Å². The van der Waals surface area contributed by atoms with Crippen LogP contribution in [-0.4, -0.2) is 13.2 Å². The molecule has 4 heteroatoms. The first kappa shape index (κ1) is 25.5.